The van der Waals surface area contributed by atoms with Crippen LogP contribution in [0.2, 0.25) is 6.32 Å². The molecule has 1 saturated heterocycles. The van der Waals surface area contributed by atoms with Gasteiger partial charge in [-0.1, -0.05) is 36.8 Å². The van der Waals surface area contributed by atoms with Crippen LogP contribution in [0.1, 0.15) is 18.4 Å². The van der Waals surface area contributed by atoms with Crippen LogP contribution >= 0.6 is 0 Å². The number of hydrogen-bond donors (Lipinski definition) is 0. The average molecular weight is 203 g/mol. The molecule has 1 aliphatic rings. The normalized spacial score (nSPS) is 18.1. The molecule has 0 unspecified atom stereocenters. The van der Waals surface area contributed by atoms with Gasteiger partial charge in [-0.25, -0.2) is 0 Å². The van der Waals surface area contributed by atoms with E-state index >= 15 is 0 Å². The maximum Gasteiger partial charge on any atom is 0.382 e. The van der Waals surface area contributed by atoms with Gasteiger partial charge in [0.05, 0.1) is 0 Å². The van der Waals surface area contributed by atoms with Crippen LogP contribution < -0.4 is 0 Å². The molecule has 0 N–H and O–H groups in total. The van der Waals surface area contributed by atoms with Gasteiger partial charge in [-0.3, -0.25) is 0 Å². The van der Waals surface area contributed by atoms with Gasteiger partial charge in [0.2, 0.25) is 0 Å². The first kappa shape index (κ1) is 10.7. The van der Waals surface area contributed by atoms with Gasteiger partial charge in [-0.15, -0.1) is 0 Å². The van der Waals surface area contributed by atoms with Gasteiger partial charge in [0.15, 0.2) is 0 Å². The van der Waals surface area contributed by atoms with Crippen molar-refractivity contribution in [2.45, 2.75) is 25.7 Å². The Labute approximate surface area is 92.4 Å². The van der Waals surface area contributed by atoms with Crippen molar-refractivity contribution in [3.8, 4) is 0 Å². The molecule has 0 saturated carbocycles. The molecule has 0 aromatic heterocycles. The van der Waals surface area contributed by atoms with Crippen LogP contribution in [-0.4, -0.2) is 25.5 Å². The molecule has 1 aromatic rings. The van der Waals surface area contributed by atoms with E-state index in [1.807, 2.05) is 7.11 Å². The summed E-state index contributed by atoms with van der Waals surface area (Å²) >= 11 is 0. The fourth-order valence-corrected chi connectivity index (χ4v) is 2.23. The average Bonchev–Trinajstić information content (AvgIpc) is 2.31. The molecule has 0 spiro atoms. The van der Waals surface area contributed by atoms with E-state index in [-0.39, 0.29) is 0 Å². The lowest BCUT2D eigenvalue weighted by Gasteiger charge is -2.31. The van der Waals surface area contributed by atoms with Crippen molar-refractivity contribution in [3.05, 3.63) is 35.9 Å². The zero-order chi connectivity index (χ0) is 10.5. The van der Waals surface area contributed by atoms with Crippen molar-refractivity contribution >= 4 is 7.05 Å². The van der Waals surface area contributed by atoms with Crippen LogP contribution in [0.3, 0.4) is 0 Å². The summed E-state index contributed by atoms with van der Waals surface area (Å²) in [7, 11) is 2.13. The molecule has 0 radical (unpaired) electrons. The molecule has 0 amide bonds. The summed E-state index contributed by atoms with van der Waals surface area (Å²) in [6, 6.07) is 10.6. The zero-order valence-corrected chi connectivity index (χ0v) is 9.36. The van der Waals surface area contributed by atoms with Crippen molar-refractivity contribution in [2.24, 2.45) is 0 Å². The van der Waals surface area contributed by atoms with Crippen LogP contribution in [0, 0.1) is 0 Å². The van der Waals surface area contributed by atoms with Gasteiger partial charge in [-0.05, 0) is 24.8 Å². The van der Waals surface area contributed by atoms with E-state index in [9.17, 15) is 0 Å². The summed E-state index contributed by atoms with van der Waals surface area (Å²) in [5, 5.41) is 0. The number of rotatable bonds is 3. The Kier molecular flexibility index (Phi) is 3.81. The van der Waals surface area contributed by atoms with Crippen molar-refractivity contribution in [2.75, 3.05) is 13.7 Å². The van der Waals surface area contributed by atoms with Gasteiger partial charge in [0.1, 0.15) is 0 Å². The molecule has 1 aromatic carbocycles. The van der Waals surface area contributed by atoms with Gasteiger partial charge in [-0.2, -0.15) is 0 Å². The second-order valence-corrected chi connectivity index (χ2v) is 4.14. The largest absolute Gasteiger partial charge is 0.424 e. The maximum atomic E-state index is 5.50. The highest BCUT2D eigenvalue weighted by molar-refractivity contribution is 6.48. The minimum absolute atomic E-state index is 0.318. The van der Waals surface area contributed by atoms with Crippen LogP contribution in [0.15, 0.2) is 30.3 Å². The lowest BCUT2D eigenvalue weighted by Crippen LogP contribution is -2.43. The lowest BCUT2D eigenvalue weighted by molar-refractivity contribution is 0.283. The maximum absolute atomic E-state index is 5.50. The van der Waals surface area contributed by atoms with Crippen molar-refractivity contribution in [1.82, 2.24) is 4.81 Å². The molecule has 2 nitrogen and oxygen atoms in total. The second-order valence-electron chi connectivity index (χ2n) is 4.14. The topological polar surface area (TPSA) is 12.5 Å². The third-order valence-electron chi connectivity index (χ3n) is 3.05. The smallest absolute Gasteiger partial charge is 0.382 e. The van der Waals surface area contributed by atoms with E-state index in [4.69, 9.17) is 4.65 Å². The number of hydrogen-bond acceptors (Lipinski definition) is 2. The van der Waals surface area contributed by atoms with Crippen LogP contribution in [0.5, 0.6) is 0 Å². The molecule has 80 valence electrons. The summed E-state index contributed by atoms with van der Waals surface area (Å²) in [6.07, 6.45) is 3.76. The SMILES string of the molecule is COB1CCCCN1Cc1ccccc1. The minimum atomic E-state index is 0.318. The van der Waals surface area contributed by atoms with Crippen LogP contribution in [0.4, 0.5) is 0 Å². The molecule has 2 rings (SSSR count). The Bertz CT molecular complexity index is 291. The van der Waals surface area contributed by atoms with Gasteiger partial charge < -0.3 is 9.47 Å². The van der Waals surface area contributed by atoms with E-state index in [0.717, 1.165) is 13.1 Å². The summed E-state index contributed by atoms with van der Waals surface area (Å²) < 4.78 is 5.50. The van der Waals surface area contributed by atoms with E-state index < -0.39 is 0 Å². The summed E-state index contributed by atoms with van der Waals surface area (Å²) in [5.74, 6) is 0. The van der Waals surface area contributed by atoms with E-state index in [2.05, 4.69) is 35.1 Å². The predicted octanol–water partition coefficient (Wildman–Crippen LogP) is 2.42. The summed E-state index contributed by atoms with van der Waals surface area (Å²) in [4.78, 5) is 2.43. The van der Waals surface area contributed by atoms with Crippen molar-refractivity contribution in [3.63, 3.8) is 0 Å². The first-order chi connectivity index (χ1) is 7.40. The first-order valence-corrected chi connectivity index (χ1v) is 5.71. The highest BCUT2D eigenvalue weighted by atomic mass is 16.4. The fraction of sp³-hybridized carbons (Fsp3) is 0.500. The number of nitrogens with zero attached hydrogens (tertiary/aromatic N) is 1. The molecule has 1 fully saturated rings. The number of benzene rings is 1. The zero-order valence-electron chi connectivity index (χ0n) is 9.36. The lowest BCUT2D eigenvalue weighted by atomic mass is 9.70. The summed E-state index contributed by atoms with van der Waals surface area (Å²) in [6.45, 7) is 2.17. The Hall–Kier alpha value is -0.795. The molecule has 0 aliphatic carbocycles. The van der Waals surface area contributed by atoms with Gasteiger partial charge in [0, 0.05) is 13.7 Å². The predicted molar refractivity (Wildman–Crippen MR) is 63.7 cm³/mol. The van der Waals surface area contributed by atoms with Crippen LogP contribution in [-0.2, 0) is 11.2 Å². The second kappa shape index (κ2) is 5.33. The standard InChI is InChI=1S/C12H18BNO/c1-15-13-9-5-6-10-14(13)11-12-7-3-2-4-8-12/h2-4,7-8H,5-6,9-11H2,1H3. The van der Waals surface area contributed by atoms with Crippen molar-refractivity contribution in [1.29, 1.82) is 0 Å². The van der Waals surface area contributed by atoms with Gasteiger partial charge >= 0.3 is 7.05 Å². The first-order valence-electron chi connectivity index (χ1n) is 5.71. The fourth-order valence-electron chi connectivity index (χ4n) is 2.23. The van der Waals surface area contributed by atoms with Crippen molar-refractivity contribution < 1.29 is 4.65 Å². The van der Waals surface area contributed by atoms with Gasteiger partial charge in [0.25, 0.3) is 0 Å². The monoisotopic (exact) mass is 203 g/mol. The Morgan fingerprint density at radius 2 is 2.07 bits per heavy atom. The minimum Gasteiger partial charge on any atom is -0.424 e. The molecule has 1 aliphatic heterocycles. The van der Waals surface area contributed by atoms with E-state index in [0.29, 0.717) is 7.05 Å². The molecule has 1 heterocycles. The Morgan fingerprint density at radius 3 is 2.80 bits per heavy atom. The third kappa shape index (κ3) is 2.83. The summed E-state index contributed by atoms with van der Waals surface area (Å²) in [5.41, 5.74) is 1.38. The van der Waals surface area contributed by atoms with E-state index in [1.165, 1.54) is 24.7 Å². The molecule has 0 bridgehead atoms. The molecule has 0 atom stereocenters. The Balaban J connectivity index is 1.97. The highest BCUT2D eigenvalue weighted by Gasteiger charge is 2.26. The Morgan fingerprint density at radius 1 is 1.27 bits per heavy atom. The quantitative estimate of drug-likeness (QED) is 0.699. The van der Waals surface area contributed by atoms with E-state index in [1.54, 1.807) is 0 Å². The third-order valence-corrected chi connectivity index (χ3v) is 3.05. The molecule has 15 heavy (non-hydrogen) atoms. The molecular weight excluding hydrogens is 185 g/mol. The van der Waals surface area contributed by atoms with Crippen LogP contribution in [0.25, 0.3) is 0 Å². The molecular formula is C12H18BNO. The highest BCUT2D eigenvalue weighted by Crippen LogP contribution is 2.17. The molecule has 3 heteroatoms.